The molecule has 5 nitrogen and oxygen atoms in total. The first-order valence-corrected chi connectivity index (χ1v) is 4.72. The molecule has 1 aromatic heterocycles. The summed E-state index contributed by atoms with van der Waals surface area (Å²) in [5.41, 5.74) is 5.49. The van der Waals surface area contributed by atoms with Crippen LogP contribution in [0.25, 0.3) is 0 Å². The van der Waals surface area contributed by atoms with E-state index < -0.39 is 0 Å². The standard InChI is InChI=1S/C6H11N5S/c7-5-9-10-6(12-5)11-3-1-8-2-4-11/h8H,1-4H2,(H2,7,9). The van der Waals surface area contributed by atoms with Crippen LogP contribution in [-0.2, 0) is 0 Å². The average molecular weight is 185 g/mol. The van der Waals surface area contributed by atoms with Crippen molar-refractivity contribution in [1.29, 1.82) is 0 Å². The highest BCUT2D eigenvalue weighted by Crippen LogP contribution is 2.21. The third-order valence-electron chi connectivity index (χ3n) is 1.82. The Morgan fingerprint density at radius 3 is 2.67 bits per heavy atom. The van der Waals surface area contributed by atoms with Crippen LogP contribution in [0.15, 0.2) is 0 Å². The number of nitrogens with two attached hydrogens (primary N) is 1. The van der Waals surface area contributed by atoms with E-state index in [9.17, 15) is 0 Å². The molecule has 3 N–H and O–H groups in total. The van der Waals surface area contributed by atoms with Crippen LogP contribution in [0.1, 0.15) is 0 Å². The third-order valence-corrected chi connectivity index (χ3v) is 2.63. The molecule has 0 unspecified atom stereocenters. The summed E-state index contributed by atoms with van der Waals surface area (Å²) in [5, 5.41) is 12.5. The second-order valence-electron chi connectivity index (χ2n) is 2.66. The van der Waals surface area contributed by atoms with Gasteiger partial charge in [0.1, 0.15) is 0 Å². The minimum atomic E-state index is 0.545. The van der Waals surface area contributed by atoms with Crippen LogP contribution in [0.5, 0.6) is 0 Å². The van der Waals surface area contributed by atoms with Crippen molar-refractivity contribution >= 4 is 21.6 Å². The minimum Gasteiger partial charge on any atom is -0.374 e. The van der Waals surface area contributed by atoms with Gasteiger partial charge in [-0.05, 0) is 0 Å². The lowest BCUT2D eigenvalue weighted by Crippen LogP contribution is -2.43. The van der Waals surface area contributed by atoms with E-state index in [0.717, 1.165) is 31.3 Å². The lowest BCUT2D eigenvalue weighted by atomic mass is 10.4. The van der Waals surface area contributed by atoms with E-state index >= 15 is 0 Å². The lowest BCUT2D eigenvalue weighted by Gasteiger charge is -2.26. The summed E-state index contributed by atoms with van der Waals surface area (Å²) >= 11 is 1.45. The van der Waals surface area contributed by atoms with E-state index in [1.165, 1.54) is 11.3 Å². The molecule has 0 radical (unpaired) electrons. The van der Waals surface area contributed by atoms with Gasteiger partial charge in [0.15, 0.2) is 0 Å². The molecule has 2 rings (SSSR count). The van der Waals surface area contributed by atoms with Crippen molar-refractivity contribution in [2.75, 3.05) is 36.8 Å². The van der Waals surface area contributed by atoms with Crippen LogP contribution >= 0.6 is 11.3 Å². The number of piperazine rings is 1. The molecule has 0 aromatic carbocycles. The van der Waals surface area contributed by atoms with Gasteiger partial charge in [-0.15, -0.1) is 10.2 Å². The van der Waals surface area contributed by atoms with Gasteiger partial charge >= 0.3 is 0 Å². The van der Waals surface area contributed by atoms with E-state index in [4.69, 9.17) is 5.73 Å². The van der Waals surface area contributed by atoms with Crippen molar-refractivity contribution in [3.8, 4) is 0 Å². The lowest BCUT2D eigenvalue weighted by molar-refractivity contribution is 0.587. The fourth-order valence-corrected chi connectivity index (χ4v) is 1.87. The number of rotatable bonds is 1. The molecule has 0 spiro atoms. The maximum absolute atomic E-state index is 5.49. The Balaban J connectivity index is 2.08. The molecule has 1 aromatic rings. The van der Waals surface area contributed by atoms with Crippen molar-refractivity contribution < 1.29 is 0 Å². The first-order chi connectivity index (χ1) is 5.86. The van der Waals surface area contributed by atoms with Crippen LogP contribution in [0.3, 0.4) is 0 Å². The molecule has 1 fully saturated rings. The van der Waals surface area contributed by atoms with Gasteiger partial charge in [0.25, 0.3) is 0 Å². The van der Waals surface area contributed by atoms with Gasteiger partial charge in [-0.3, -0.25) is 0 Å². The number of aromatic nitrogens is 2. The molecule has 1 saturated heterocycles. The Bertz CT molecular complexity index is 254. The number of nitrogens with zero attached hydrogens (tertiary/aromatic N) is 3. The fourth-order valence-electron chi connectivity index (χ4n) is 1.21. The smallest absolute Gasteiger partial charge is 0.210 e. The normalized spacial score (nSPS) is 18.2. The van der Waals surface area contributed by atoms with Crippen molar-refractivity contribution in [2.45, 2.75) is 0 Å². The summed E-state index contributed by atoms with van der Waals surface area (Å²) in [7, 11) is 0. The number of hydrogen-bond acceptors (Lipinski definition) is 6. The zero-order valence-electron chi connectivity index (χ0n) is 6.66. The van der Waals surface area contributed by atoms with E-state index in [2.05, 4.69) is 20.4 Å². The van der Waals surface area contributed by atoms with Gasteiger partial charge in [-0.25, -0.2) is 0 Å². The molecule has 2 heterocycles. The van der Waals surface area contributed by atoms with Crippen molar-refractivity contribution in [3.05, 3.63) is 0 Å². The zero-order chi connectivity index (χ0) is 8.39. The molecule has 0 aliphatic carbocycles. The Morgan fingerprint density at radius 1 is 1.33 bits per heavy atom. The molecule has 1 aliphatic heterocycles. The van der Waals surface area contributed by atoms with Gasteiger partial charge in [0, 0.05) is 26.2 Å². The van der Waals surface area contributed by atoms with Gasteiger partial charge in [0.05, 0.1) is 0 Å². The van der Waals surface area contributed by atoms with Crippen LogP contribution in [0, 0.1) is 0 Å². The summed E-state index contributed by atoms with van der Waals surface area (Å²) < 4.78 is 0. The number of hydrogen-bond donors (Lipinski definition) is 2. The van der Waals surface area contributed by atoms with Crippen molar-refractivity contribution in [2.24, 2.45) is 0 Å². The highest BCUT2D eigenvalue weighted by atomic mass is 32.1. The largest absolute Gasteiger partial charge is 0.374 e. The monoisotopic (exact) mass is 185 g/mol. The number of nitrogen functional groups attached to an aromatic ring is 1. The highest BCUT2D eigenvalue weighted by Gasteiger charge is 2.13. The third kappa shape index (κ3) is 1.49. The first kappa shape index (κ1) is 7.75. The molecule has 6 heteroatoms. The summed E-state index contributed by atoms with van der Waals surface area (Å²) in [6, 6.07) is 0. The van der Waals surface area contributed by atoms with Crippen LogP contribution in [-0.4, -0.2) is 36.4 Å². The minimum absolute atomic E-state index is 0.545. The van der Waals surface area contributed by atoms with Crippen LogP contribution in [0.4, 0.5) is 10.3 Å². The first-order valence-electron chi connectivity index (χ1n) is 3.91. The summed E-state index contributed by atoms with van der Waals surface area (Å²) in [6.45, 7) is 4.02. The molecular weight excluding hydrogens is 174 g/mol. The number of nitrogens with one attached hydrogen (secondary N) is 1. The predicted octanol–water partition coefficient (Wildman–Crippen LogP) is -0.470. The molecule has 12 heavy (non-hydrogen) atoms. The van der Waals surface area contributed by atoms with Crippen molar-refractivity contribution in [3.63, 3.8) is 0 Å². The quantitative estimate of drug-likeness (QED) is 0.619. The van der Waals surface area contributed by atoms with Crippen LogP contribution < -0.4 is 16.0 Å². The second kappa shape index (κ2) is 3.24. The summed E-state index contributed by atoms with van der Waals surface area (Å²) in [6.07, 6.45) is 0. The summed E-state index contributed by atoms with van der Waals surface area (Å²) in [4.78, 5) is 2.20. The zero-order valence-corrected chi connectivity index (χ0v) is 7.47. The van der Waals surface area contributed by atoms with Gasteiger partial charge in [-0.2, -0.15) is 0 Å². The molecule has 0 atom stereocenters. The van der Waals surface area contributed by atoms with Crippen molar-refractivity contribution in [1.82, 2.24) is 15.5 Å². The Labute approximate surface area is 74.6 Å². The molecule has 1 aliphatic rings. The van der Waals surface area contributed by atoms with Gasteiger partial charge in [-0.1, -0.05) is 11.3 Å². The SMILES string of the molecule is Nc1nnc(N2CCNCC2)s1. The topological polar surface area (TPSA) is 67.1 Å². The highest BCUT2D eigenvalue weighted by molar-refractivity contribution is 7.18. The Kier molecular flexibility index (Phi) is 2.09. The van der Waals surface area contributed by atoms with E-state index in [0.29, 0.717) is 5.13 Å². The predicted molar refractivity (Wildman–Crippen MR) is 49.4 cm³/mol. The van der Waals surface area contributed by atoms with E-state index in [-0.39, 0.29) is 0 Å². The molecule has 66 valence electrons. The van der Waals surface area contributed by atoms with E-state index in [1.807, 2.05) is 0 Å². The molecular formula is C6H11N5S. The fraction of sp³-hybridized carbons (Fsp3) is 0.667. The molecule has 0 amide bonds. The molecule has 0 saturated carbocycles. The maximum Gasteiger partial charge on any atom is 0.210 e. The van der Waals surface area contributed by atoms with E-state index in [1.54, 1.807) is 0 Å². The average Bonchev–Trinajstić information content (AvgIpc) is 2.54. The summed E-state index contributed by atoms with van der Waals surface area (Å²) in [5.74, 6) is 0. The maximum atomic E-state index is 5.49. The Hall–Kier alpha value is -0.880. The van der Waals surface area contributed by atoms with Crippen LogP contribution in [0.2, 0.25) is 0 Å². The Morgan fingerprint density at radius 2 is 2.08 bits per heavy atom. The number of anilines is 2. The molecule has 0 bridgehead atoms. The van der Waals surface area contributed by atoms with Gasteiger partial charge < -0.3 is 16.0 Å². The van der Waals surface area contributed by atoms with Gasteiger partial charge in [0.2, 0.25) is 10.3 Å². The second-order valence-corrected chi connectivity index (χ2v) is 3.65.